The zero-order valence-corrected chi connectivity index (χ0v) is 11.3. The molecule has 8 nitrogen and oxygen atoms in total. The molecule has 1 unspecified atom stereocenters. The van der Waals surface area contributed by atoms with Gasteiger partial charge in [0.05, 0.1) is 12.7 Å². The minimum absolute atomic E-state index is 0.177. The van der Waals surface area contributed by atoms with Crippen LogP contribution in [-0.2, 0) is 11.3 Å². The van der Waals surface area contributed by atoms with E-state index in [2.05, 4.69) is 10.5 Å². The number of rotatable bonds is 4. The van der Waals surface area contributed by atoms with Gasteiger partial charge in [-0.1, -0.05) is 5.16 Å². The molecule has 1 aliphatic heterocycles. The number of carbonyl (C=O) groups is 2. The molecule has 0 bridgehead atoms. The van der Waals surface area contributed by atoms with Crippen LogP contribution in [0.4, 0.5) is 4.79 Å². The maximum absolute atomic E-state index is 11.9. The van der Waals surface area contributed by atoms with Crippen LogP contribution in [0.3, 0.4) is 0 Å². The van der Waals surface area contributed by atoms with Crippen LogP contribution in [0.15, 0.2) is 16.8 Å². The fraction of sp³-hybridized carbons (Fsp3) is 0.583. The molecule has 2 amide bonds. The number of hydrogen-bond acceptors (Lipinski definition) is 5. The monoisotopic (exact) mass is 282 g/mol. The van der Waals surface area contributed by atoms with Crippen LogP contribution in [-0.4, -0.2) is 64.3 Å². The lowest BCUT2D eigenvalue weighted by atomic mass is 10.2. The van der Waals surface area contributed by atoms with Gasteiger partial charge in [0, 0.05) is 32.2 Å². The van der Waals surface area contributed by atoms with Crippen molar-refractivity contribution in [3.8, 4) is 0 Å². The summed E-state index contributed by atoms with van der Waals surface area (Å²) in [6, 6.07) is 0.991. The van der Waals surface area contributed by atoms with Gasteiger partial charge in [-0.25, -0.2) is 4.79 Å². The summed E-state index contributed by atoms with van der Waals surface area (Å²) in [6.07, 6.45) is 1.52. The predicted octanol–water partition coefficient (Wildman–Crippen LogP) is -0.0251. The minimum Gasteiger partial charge on any atom is -0.480 e. The van der Waals surface area contributed by atoms with Crippen molar-refractivity contribution >= 4 is 12.0 Å². The molecule has 2 rings (SSSR count). The van der Waals surface area contributed by atoms with Gasteiger partial charge in [-0.05, 0) is 6.92 Å². The number of nitrogens with zero attached hydrogens (tertiary/aromatic N) is 3. The van der Waals surface area contributed by atoms with Gasteiger partial charge in [-0.3, -0.25) is 9.69 Å². The van der Waals surface area contributed by atoms with Crippen molar-refractivity contribution in [2.24, 2.45) is 0 Å². The summed E-state index contributed by atoms with van der Waals surface area (Å²) >= 11 is 0. The lowest BCUT2D eigenvalue weighted by Gasteiger charge is -2.36. The highest BCUT2D eigenvalue weighted by Crippen LogP contribution is 2.07. The second-order valence-electron chi connectivity index (χ2n) is 4.67. The number of amides is 2. The maximum atomic E-state index is 11.9. The third kappa shape index (κ3) is 3.47. The number of carboxylic acid groups (broad SMARTS) is 1. The lowest BCUT2D eigenvalue weighted by Crippen LogP contribution is -2.54. The molecule has 110 valence electrons. The van der Waals surface area contributed by atoms with E-state index < -0.39 is 12.0 Å². The number of nitrogens with one attached hydrogen (secondary N) is 1. The van der Waals surface area contributed by atoms with Gasteiger partial charge >= 0.3 is 12.0 Å². The summed E-state index contributed by atoms with van der Waals surface area (Å²) in [7, 11) is 0. The van der Waals surface area contributed by atoms with Crippen molar-refractivity contribution in [1.29, 1.82) is 0 Å². The van der Waals surface area contributed by atoms with Crippen LogP contribution < -0.4 is 5.32 Å². The summed E-state index contributed by atoms with van der Waals surface area (Å²) < 4.78 is 4.89. The standard InChI is InChI=1S/C12H18N4O4/c1-9(11(17)18)15-4-6-16(7-5-15)12(19)13-8-10-2-3-14-20-10/h2-3,9H,4-8H2,1H3,(H,13,19)(H,17,18). The highest BCUT2D eigenvalue weighted by molar-refractivity contribution is 5.74. The molecule has 1 aromatic heterocycles. The Morgan fingerprint density at radius 2 is 2.15 bits per heavy atom. The summed E-state index contributed by atoms with van der Waals surface area (Å²) in [5.74, 6) is -0.246. The Labute approximate surface area is 116 Å². The van der Waals surface area contributed by atoms with Gasteiger partial charge in [0.1, 0.15) is 6.04 Å². The quantitative estimate of drug-likeness (QED) is 0.805. The Hall–Kier alpha value is -2.09. The van der Waals surface area contributed by atoms with Gasteiger partial charge in [0.25, 0.3) is 0 Å². The van der Waals surface area contributed by atoms with Gasteiger partial charge < -0.3 is 19.8 Å². The lowest BCUT2D eigenvalue weighted by molar-refractivity contribution is -0.143. The summed E-state index contributed by atoms with van der Waals surface area (Å²) in [5.41, 5.74) is 0. The normalized spacial score (nSPS) is 17.8. The fourth-order valence-electron chi connectivity index (χ4n) is 2.08. The van der Waals surface area contributed by atoms with E-state index in [9.17, 15) is 9.59 Å². The topological polar surface area (TPSA) is 98.9 Å². The van der Waals surface area contributed by atoms with Crippen LogP contribution >= 0.6 is 0 Å². The van der Waals surface area contributed by atoms with E-state index in [0.29, 0.717) is 38.5 Å². The summed E-state index contributed by atoms with van der Waals surface area (Å²) in [5, 5.41) is 15.2. The zero-order valence-electron chi connectivity index (χ0n) is 11.3. The number of aromatic nitrogens is 1. The van der Waals surface area contributed by atoms with Crippen LogP contribution in [0.2, 0.25) is 0 Å². The van der Waals surface area contributed by atoms with Crippen LogP contribution in [0.25, 0.3) is 0 Å². The fourth-order valence-corrected chi connectivity index (χ4v) is 2.08. The molecule has 1 aromatic rings. The van der Waals surface area contributed by atoms with Crippen LogP contribution in [0, 0.1) is 0 Å². The number of piperazine rings is 1. The number of carbonyl (C=O) groups excluding carboxylic acids is 1. The minimum atomic E-state index is -0.840. The van der Waals surface area contributed by atoms with E-state index in [1.54, 1.807) is 17.9 Å². The Morgan fingerprint density at radius 3 is 2.70 bits per heavy atom. The molecule has 1 atom stereocenters. The smallest absolute Gasteiger partial charge is 0.320 e. The zero-order chi connectivity index (χ0) is 14.5. The van der Waals surface area contributed by atoms with E-state index in [1.807, 2.05) is 4.90 Å². The van der Waals surface area contributed by atoms with E-state index >= 15 is 0 Å². The van der Waals surface area contributed by atoms with Crippen molar-refractivity contribution in [1.82, 2.24) is 20.3 Å². The molecule has 0 radical (unpaired) electrons. The maximum Gasteiger partial charge on any atom is 0.320 e. The van der Waals surface area contributed by atoms with E-state index in [4.69, 9.17) is 9.63 Å². The third-order valence-electron chi connectivity index (χ3n) is 3.41. The molecule has 0 spiro atoms. The SMILES string of the molecule is CC(C(=O)O)N1CCN(C(=O)NCc2ccno2)CC1. The van der Waals surface area contributed by atoms with Gasteiger partial charge in [-0.15, -0.1) is 0 Å². The molecule has 20 heavy (non-hydrogen) atoms. The van der Waals surface area contributed by atoms with Gasteiger partial charge in [0.15, 0.2) is 5.76 Å². The second kappa shape index (κ2) is 6.38. The average molecular weight is 282 g/mol. The van der Waals surface area contributed by atoms with E-state index in [-0.39, 0.29) is 6.03 Å². The number of carboxylic acids is 1. The Bertz CT molecular complexity index is 454. The largest absolute Gasteiger partial charge is 0.480 e. The molecule has 2 N–H and O–H groups in total. The summed E-state index contributed by atoms with van der Waals surface area (Å²) in [6.45, 7) is 4.10. The van der Waals surface area contributed by atoms with Crippen molar-refractivity contribution in [2.45, 2.75) is 19.5 Å². The molecule has 8 heteroatoms. The molecule has 2 heterocycles. The highest BCUT2D eigenvalue weighted by atomic mass is 16.5. The van der Waals surface area contributed by atoms with Crippen LogP contribution in [0.1, 0.15) is 12.7 Å². The third-order valence-corrected chi connectivity index (χ3v) is 3.41. The molecular formula is C12H18N4O4. The molecular weight excluding hydrogens is 264 g/mol. The van der Waals surface area contributed by atoms with Crippen LogP contribution in [0.5, 0.6) is 0 Å². The van der Waals surface area contributed by atoms with Gasteiger partial charge in [-0.2, -0.15) is 0 Å². The molecule has 0 aromatic carbocycles. The van der Waals surface area contributed by atoms with E-state index in [1.165, 1.54) is 6.20 Å². The average Bonchev–Trinajstić information content (AvgIpc) is 2.97. The Kier molecular flexibility index (Phi) is 4.57. The predicted molar refractivity (Wildman–Crippen MR) is 69.0 cm³/mol. The molecule has 1 fully saturated rings. The van der Waals surface area contributed by atoms with E-state index in [0.717, 1.165) is 0 Å². The number of hydrogen-bond donors (Lipinski definition) is 2. The Morgan fingerprint density at radius 1 is 1.45 bits per heavy atom. The first-order valence-corrected chi connectivity index (χ1v) is 6.47. The van der Waals surface area contributed by atoms with Crippen molar-refractivity contribution in [3.63, 3.8) is 0 Å². The van der Waals surface area contributed by atoms with Gasteiger partial charge in [0.2, 0.25) is 0 Å². The summed E-state index contributed by atoms with van der Waals surface area (Å²) in [4.78, 5) is 26.3. The first-order valence-electron chi connectivity index (χ1n) is 6.47. The number of urea groups is 1. The van der Waals surface area contributed by atoms with Crippen molar-refractivity contribution in [2.75, 3.05) is 26.2 Å². The Balaban J connectivity index is 1.75. The second-order valence-corrected chi connectivity index (χ2v) is 4.67. The molecule has 1 aliphatic rings. The van der Waals surface area contributed by atoms with Crippen molar-refractivity contribution in [3.05, 3.63) is 18.0 Å². The molecule has 0 saturated carbocycles. The highest BCUT2D eigenvalue weighted by Gasteiger charge is 2.27. The molecule has 0 aliphatic carbocycles. The first-order chi connectivity index (χ1) is 9.58. The first kappa shape index (κ1) is 14.3. The van der Waals surface area contributed by atoms with Crippen molar-refractivity contribution < 1.29 is 19.2 Å². The number of aliphatic carboxylic acids is 1. The molecule has 1 saturated heterocycles.